The number of rotatable bonds is 12. The highest BCUT2D eigenvalue weighted by atomic mass is 16.5. The zero-order valence-electron chi connectivity index (χ0n) is 19.1. The minimum Gasteiger partial charge on any atom is -0.490 e. The summed E-state index contributed by atoms with van der Waals surface area (Å²) in [4.78, 5) is 4.75. The molecule has 0 spiro atoms. The molecule has 9 heteroatoms. The fourth-order valence-electron chi connectivity index (χ4n) is 3.22. The van der Waals surface area contributed by atoms with E-state index in [2.05, 4.69) is 15.7 Å². The van der Waals surface area contributed by atoms with Crippen LogP contribution in [0.3, 0.4) is 0 Å². The van der Waals surface area contributed by atoms with Crippen LogP contribution in [0.25, 0.3) is 0 Å². The standard InChI is InChI=1S/C23H35N5O4/c1-28-18-19(17-26-28)6-3-9-24-23(25-10-4-11-30-15-14-29-2)27-20-7-8-21-22(16-20)32-13-5-12-31-21/h7-8,16-18H,3-6,9-15H2,1-2H3,(H2,24,25,27). The summed E-state index contributed by atoms with van der Waals surface area (Å²) in [6, 6.07) is 5.88. The third-order valence-corrected chi connectivity index (χ3v) is 4.85. The van der Waals surface area contributed by atoms with Gasteiger partial charge in [-0.3, -0.25) is 9.67 Å². The van der Waals surface area contributed by atoms with Crippen molar-refractivity contribution in [3.8, 4) is 11.5 Å². The number of aryl methyl sites for hydroxylation is 2. The second kappa shape index (κ2) is 13.6. The van der Waals surface area contributed by atoms with Crippen molar-refractivity contribution in [1.82, 2.24) is 15.1 Å². The number of nitrogens with one attached hydrogen (secondary N) is 2. The molecule has 0 amide bonds. The summed E-state index contributed by atoms with van der Waals surface area (Å²) in [6.07, 6.45) is 7.60. The van der Waals surface area contributed by atoms with Crippen molar-refractivity contribution < 1.29 is 18.9 Å². The smallest absolute Gasteiger partial charge is 0.195 e. The Morgan fingerprint density at radius 3 is 2.84 bits per heavy atom. The zero-order valence-corrected chi connectivity index (χ0v) is 19.1. The molecular weight excluding hydrogens is 410 g/mol. The minimum absolute atomic E-state index is 0.612. The van der Waals surface area contributed by atoms with Gasteiger partial charge >= 0.3 is 0 Å². The molecule has 2 N–H and O–H groups in total. The maximum atomic E-state index is 5.81. The van der Waals surface area contributed by atoms with Crippen molar-refractivity contribution in [3.05, 3.63) is 36.2 Å². The molecule has 176 valence electrons. The topological polar surface area (TPSA) is 91.2 Å². The van der Waals surface area contributed by atoms with Gasteiger partial charge in [-0.2, -0.15) is 5.10 Å². The molecule has 0 aliphatic carbocycles. The first kappa shape index (κ1) is 23.9. The van der Waals surface area contributed by atoms with Gasteiger partial charge in [0.05, 0.1) is 32.6 Å². The molecule has 1 aliphatic heterocycles. The highest BCUT2D eigenvalue weighted by Crippen LogP contribution is 2.32. The number of aliphatic imine (C=N–C) groups is 1. The number of guanidine groups is 1. The molecule has 9 nitrogen and oxygen atoms in total. The van der Waals surface area contributed by atoms with Gasteiger partial charge in [-0.15, -0.1) is 0 Å². The summed E-state index contributed by atoms with van der Waals surface area (Å²) < 4.78 is 23.9. The maximum absolute atomic E-state index is 5.81. The Labute approximate surface area is 190 Å². The van der Waals surface area contributed by atoms with Crippen LogP contribution in [-0.2, 0) is 22.9 Å². The lowest BCUT2D eigenvalue weighted by atomic mass is 10.2. The van der Waals surface area contributed by atoms with E-state index in [4.69, 9.17) is 23.9 Å². The van der Waals surface area contributed by atoms with E-state index in [0.29, 0.717) is 39.6 Å². The number of anilines is 1. The van der Waals surface area contributed by atoms with E-state index < -0.39 is 0 Å². The van der Waals surface area contributed by atoms with E-state index in [1.807, 2.05) is 42.3 Å². The number of fused-ring (bicyclic) bond motifs is 1. The first-order valence-electron chi connectivity index (χ1n) is 11.2. The molecule has 2 heterocycles. The molecule has 1 aromatic heterocycles. The van der Waals surface area contributed by atoms with Crippen molar-refractivity contribution in [2.24, 2.45) is 12.0 Å². The highest BCUT2D eigenvalue weighted by Gasteiger charge is 2.11. The van der Waals surface area contributed by atoms with Gasteiger partial charge in [0.25, 0.3) is 0 Å². The van der Waals surface area contributed by atoms with Crippen LogP contribution in [0.1, 0.15) is 24.8 Å². The molecule has 0 atom stereocenters. The molecule has 3 rings (SSSR count). The van der Waals surface area contributed by atoms with Crippen molar-refractivity contribution >= 4 is 11.6 Å². The summed E-state index contributed by atoms with van der Waals surface area (Å²) in [7, 11) is 3.61. The molecule has 2 aromatic rings. The fraction of sp³-hybridized carbons (Fsp3) is 0.565. The molecule has 0 radical (unpaired) electrons. The van der Waals surface area contributed by atoms with Crippen LogP contribution in [0.15, 0.2) is 35.6 Å². The summed E-state index contributed by atoms with van der Waals surface area (Å²) in [5.41, 5.74) is 2.13. The SMILES string of the molecule is COCCOCCCNC(=NCCCc1cnn(C)c1)Nc1ccc2c(c1)OCCCO2. The highest BCUT2D eigenvalue weighted by molar-refractivity contribution is 5.93. The van der Waals surface area contributed by atoms with Crippen LogP contribution in [0, 0.1) is 0 Å². The average Bonchev–Trinajstić information content (AvgIpc) is 3.07. The van der Waals surface area contributed by atoms with E-state index in [1.54, 1.807) is 7.11 Å². The monoisotopic (exact) mass is 445 g/mol. The predicted molar refractivity (Wildman–Crippen MR) is 125 cm³/mol. The van der Waals surface area contributed by atoms with Gasteiger partial charge in [0.15, 0.2) is 17.5 Å². The molecule has 1 aromatic carbocycles. The number of hydrogen-bond acceptors (Lipinski definition) is 6. The van der Waals surface area contributed by atoms with Crippen LogP contribution in [0.2, 0.25) is 0 Å². The number of hydrogen-bond donors (Lipinski definition) is 2. The molecular formula is C23H35N5O4. The van der Waals surface area contributed by atoms with Crippen molar-refractivity contribution in [3.63, 3.8) is 0 Å². The molecule has 0 saturated heterocycles. The van der Waals surface area contributed by atoms with E-state index in [1.165, 1.54) is 5.56 Å². The van der Waals surface area contributed by atoms with Gasteiger partial charge in [-0.1, -0.05) is 0 Å². The maximum Gasteiger partial charge on any atom is 0.195 e. The third-order valence-electron chi connectivity index (χ3n) is 4.85. The second-order valence-corrected chi connectivity index (χ2v) is 7.58. The Bertz CT molecular complexity index is 840. The number of ether oxygens (including phenoxy) is 4. The molecule has 0 bridgehead atoms. The van der Waals surface area contributed by atoms with Crippen LogP contribution in [0.4, 0.5) is 5.69 Å². The molecule has 0 saturated carbocycles. The lowest BCUT2D eigenvalue weighted by Crippen LogP contribution is -2.32. The van der Waals surface area contributed by atoms with Crippen LogP contribution >= 0.6 is 0 Å². The minimum atomic E-state index is 0.612. The van der Waals surface area contributed by atoms with E-state index >= 15 is 0 Å². The molecule has 32 heavy (non-hydrogen) atoms. The van der Waals surface area contributed by atoms with Crippen LogP contribution in [0.5, 0.6) is 11.5 Å². The first-order chi connectivity index (χ1) is 15.7. The van der Waals surface area contributed by atoms with E-state index in [0.717, 1.165) is 55.4 Å². The molecule has 0 fully saturated rings. The summed E-state index contributed by atoms with van der Waals surface area (Å²) >= 11 is 0. The van der Waals surface area contributed by atoms with Gasteiger partial charge in [-0.05, 0) is 37.0 Å². The zero-order chi connectivity index (χ0) is 22.4. The third kappa shape index (κ3) is 8.39. The van der Waals surface area contributed by atoms with Crippen LogP contribution in [-0.4, -0.2) is 69.0 Å². The van der Waals surface area contributed by atoms with Gasteiger partial charge in [0.2, 0.25) is 0 Å². The predicted octanol–water partition coefficient (Wildman–Crippen LogP) is 2.62. The lowest BCUT2D eigenvalue weighted by molar-refractivity contribution is 0.0699. The van der Waals surface area contributed by atoms with Gasteiger partial charge in [-0.25, -0.2) is 0 Å². The Balaban J connectivity index is 1.53. The van der Waals surface area contributed by atoms with Gasteiger partial charge in [0, 0.05) is 58.2 Å². The Hall–Kier alpha value is -2.78. The number of aromatic nitrogens is 2. The molecule has 1 aliphatic rings. The largest absolute Gasteiger partial charge is 0.490 e. The molecule has 0 unspecified atom stereocenters. The van der Waals surface area contributed by atoms with E-state index in [9.17, 15) is 0 Å². The number of methoxy groups -OCH3 is 1. The summed E-state index contributed by atoms with van der Waals surface area (Å²) in [5, 5.41) is 11.0. The Morgan fingerprint density at radius 1 is 1.16 bits per heavy atom. The van der Waals surface area contributed by atoms with Crippen molar-refractivity contribution in [2.75, 3.05) is 58.6 Å². The van der Waals surface area contributed by atoms with Gasteiger partial charge in [0.1, 0.15) is 0 Å². The summed E-state index contributed by atoms with van der Waals surface area (Å²) in [6.45, 7) is 4.70. The normalized spacial score (nSPS) is 13.6. The van der Waals surface area contributed by atoms with Crippen LogP contribution < -0.4 is 20.1 Å². The van der Waals surface area contributed by atoms with E-state index in [-0.39, 0.29) is 0 Å². The van der Waals surface area contributed by atoms with Crippen molar-refractivity contribution in [2.45, 2.75) is 25.7 Å². The summed E-state index contributed by atoms with van der Waals surface area (Å²) in [5.74, 6) is 2.28. The Kier molecular flexibility index (Phi) is 10.1. The van der Waals surface area contributed by atoms with Gasteiger partial charge < -0.3 is 29.6 Å². The average molecular weight is 446 g/mol. The lowest BCUT2D eigenvalue weighted by Gasteiger charge is -2.15. The number of benzene rings is 1. The quantitative estimate of drug-likeness (QED) is 0.295. The Morgan fingerprint density at radius 2 is 2.03 bits per heavy atom. The first-order valence-corrected chi connectivity index (χ1v) is 11.2. The number of nitrogens with zero attached hydrogens (tertiary/aromatic N) is 3. The fourth-order valence-corrected chi connectivity index (χ4v) is 3.22. The van der Waals surface area contributed by atoms with Crippen molar-refractivity contribution in [1.29, 1.82) is 0 Å². The second-order valence-electron chi connectivity index (χ2n) is 7.58.